The van der Waals surface area contributed by atoms with Crippen LogP contribution in [0.5, 0.6) is 5.75 Å². The number of methoxy groups -OCH3 is 1. The van der Waals surface area contributed by atoms with Gasteiger partial charge in [0.1, 0.15) is 12.4 Å². The van der Waals surface area contributed by atoms with Crippen molar-refractivity contribution in [3.63, 3.8) is 0 Å². The Morgan fingerprint density at radius 3 is 2.75 bits per heavy atom. The quantitative estimate of drug-likeness (QED) is 0.363. The van der Waals surface area contributed by atoms with E-state index in [4.69, 9.17) is 14.5 Å². The minimum Gasteiger partial charge on any atom is -0.497 e. The van der Waals surface area contributed by atoms with Crippen molar-refractivity contribution in [1.29, 1.82) is 0 Å². The Hall–Kier alpha value is -3.66. The highest BCUT2D eigenvalue weighted by Crippen LogP contribution is 2.30. The van der Waals surface area contributed by atoms with E-state index in [1.807, 2.05) is 48.5 Å². The summed E-state index contributed by atoms with van der Waals surface area (Å²) in [7, 11) is 1.62. The molecule has 28 heavy (non-hydrogen) atoms. The summed E-state index contributed by atoms with van der Waals surface area (Å²) in [4.78, 5) is 17.8. The monoisotopic (exact) mass is 367 g/mol. The molecule has 0 N–H and O–H groups in total. The van der Waals surface area contributed by atoms with Gasteiger partial charge in [0, 0.05) is 10.8 Å². The van der Waals surface area contributed by atoms with E-state index < -0.39 is 0 Å². The molecule has 5 rings (SSSR count). The summed E-state index contributed by atoms with van der Waals surface area (Å²) >= 11 is 0. The topological polar surface area (TPSA) is 48.4 Å². The molecule has 1 aliphatic rings. The highest BCUT2D eigenvalue weighted by molar-refractivity contribution is 6.14. The van der Waals surface area contributed by atoms with E-state index in [-0.39, 0.29) is 12.4 Å². The SMILES string of the molecule is COc1cccc(/C=C2\OCc3nc4c(ccc5ccccc54)cc3C2=O)c1. The van der Waals surface area contributed by atoms with Crippen LogP contribution in [0.15, 0.2) is 72.5 Å². The highest BCUT2D eigenvalue weighted by atomic mass is 16.5. The zero-order valence-corrected chi connectivity index (χ0v) is 15.3. The summed E-state index contributed by atoms with van der Waals surface area (Å²) in [5, 5.41) is 3.16. The van der Waals surface area contributed by atoms with Crippen LogP contribution in [0, 0.1) is 0 Å². The number of carbonyl (C=O) groups is 1. The third kappa shape index (κ3) is 2.70. The Kier molecular flexibility index (Phi) is 3.83. The number of fused-ring (bicyclic) bond motifs is 4. The van der Waals surface area contributed by atoms with Crippen molar-refractivity contribution in [3.05, 3.63) is 89.3 Å². The van der Waals surface area contributed by atoms with E-state index in [9.17, 15) is 4.79 Å². The molecular weight excluding hydrogens is 350 g/mol. The average Bonchev–Trinajstić information content (AvgIpc) is 2.75. The van der Waals surface area contributed by atoms with Crippen molar-refractivity contribution in [2.75, 3.05) is 7.11 Å². The second kappa shape index (κ2) is 6.50. The molecule has 0 atom stereocenters. The summed E-state index contributed by atoms with van der Waals surface area (Å²) in [6.07, 6.45) is 1.75. The lowest BCUT2D eigenvalue weighted by Crippen LogP contribution is -2.18. The van der Waals surface area contributed by atoms with Gasteiger partial charge in [0.25, 0.3) is 0 Å². The largest absolute Gasteiger partial charge is 0.497 e. The summed E-state index contributed by atoms with van der Waals surface area (Å²) in [6, 6.07) is 21.6. The van der Waals surface area contributed by atoms with Gasteiger partial charge in [0.05, 0.1) is 23.9 Å². The predicted molar refractivity (Wildman–Crippen MR) is 109 cm³/mol. The molecule has 0 radical (unpaired) electrons. The molecule has 0 amide bonds. The average molecular weight is 367 g/mol. The number of rotatable bonds is 2. The van der Waals surface area contributed by atoms with Crippen molar-refractivity contribution in [2.24, 2.45) is 0 Å². The Balaban J connectivity index is 1.60. The van der Waals surface area contributed by atoms with Gasteiger partial charge in [-0.05, 0) is 35.2 Å². The zero-order valence-electron chi connectivity index (χ0n) is 15.3. The second-order valence-electron chi connectivity index (χ2n) is 6.74. The third-order valence-corrected chi connectivity index (χ3v) is 5.01. The van der Waals surface area contributed by atoms with Gasteiger partial charge >= 0.3 is 0 Å². The van der Waals surface area contributed by atoms with Gasteiger partial charge in [-0.3, -0.25) is 4.79 Å². The molecule has 0 unspecified atom stereocenters. The molecule has 0 bridgehead atoms. The van der Waals surface area contributed by atoms with Crippen molar-refractivity contribution in [3.8, 4) is 5.75 Å². The first-order chi connectivity index (χ1) is 13.7. The number of hydrogen-bond acceptors (Lipinski definition) is 4. The number of ether oxygens (including phenoxy) is 2. The maximum absolute atomic E-state index is 13.0. The number of carbonyl (C=O) groups excluding carboxylic acids is 1. The smallest absolute Gasteiger partial charge is 0.229 e. The molecule has 0 aliphatic carbocycles. The van der Waals surface area contributed by atoms with Crippen LogP contribution in [0.1, 0.15) is 21.6 Å². The molecule has 0 saturated carbocycles. The number of pyridine rings is 1. The third-order valence-electron chi connectivity index (χ3n) is 5.01. The van der Waals surface area contributed by atoms with E-state index in [0.717, 1.165) is 33.0 Å². The van der Waals surface area contributed by atoms with E-state index in [1.165, 1.54) is 0 Å². The van der Waals surface area contributed by atoms with E-state index in [0.29, 0.717) is 17.0 Å². The zero-order chi connectivity index (χ0) is 19.1. The van der Waals surface area contributed by atoms with Crippen LogP contribution in [-0.4, -0.2) is 17.9 Å². The fourth-order valence-corrected chi connectivity index (χ4v) is 3.59. The number of allylic oxidation sites excluding steroid dienone is 1. The molecule has 4 heteroatoms. The van der Waals surface area contributed by atoms with Crippen molar-refractivity contribution in [1.82, 2.24) is 4.98 Å². The Morgan fingerprint density at radius 2 is 1.86 bits per heavy atom. The van der Waals surface area contributed by atoms with Crippen molar-refractivity contribution in [2.45, 2.75) is 6.61 Å². The number of ketones is 1. The van der Waals surface area contributed by atoms with Crippen LogP contribution in [0.4, 0.5) is 0 Å². The summed E-state index contributed by atoms with van der Waals surface area (Å²) in [5.41, 5.74) is 3.03. The summed E-state index contributed by atoms with van der Waals surface area (Å²) < 4.78 is 11.0. The maximum Gasteiger partial charge on any atom is 0.229 e. The molecule has 0 spiro atoms. The molecular formula is C24H17NO3. The highest BCUT2D eigenvalue weighted by Gasteiger charge is 2.25. The van der Waals surface area contributed by atoms with Crippen molar-refractivity contribution < 1.29 is 14.3 Å². The first-order valence-corrected chi connectivity index (χ1v) is 9.07. The van der Waals surface area contributed by atoms with Crippen LogP contribution in [-0.2, 0) is 11.3 Å². The fraction of sp³-hybridized carbons (Fsp3) is 0.0833. The van der Waals surface area contributed by atoms with Crippen LogP contribution < -0.4 is 4.74 Å². The van der Waals surface area contributed by atoms with E-state index >= 15 is 0 Å². The Morgan fingerprint density at radius 1 is 1.00 bits per heavy atom. The van der Waals surface area contributed by atoms with Gasteiger partial charge in [-0.2, -0.15) is 0 Å². The summed E-state index contributed by atoms with van der Waals surface area (Å²) in [6.45, 7) is 0.274. The number of aromatic nitrogens is 1. The first-order valence-electron chi connectivity index (χ1n) is 9.07. The van der Waals surface area contributed by atoms with Gasteiger partial charge < -0.3 is 9.47 Å². The van der Waals surface area contributed by atoms with Gasteiger partial charge in [-0.1, -0.05) is 48.5 Å². The second-order valence-corrected chi connectivity index (χ2v) is 6.74. The first kappa shape index (κ1) is 16.5. The number of hydrogen-bond donors (Lipinski definition) is 0. The lowest BCUT2D eigenvalue weighted by molar-refractivity contribution is 0.0866. The summed E-state index contributed by atoms with van der Waals surface area (Å²) in [5.74, 6) is 0.909. The maximum atomic E-state index is 13.0. The molecule has 0 fully saturated rings. The molecule has 0 saturated heterocycles. The molecule has 1 aromatic heterocycles. The Bertz CT molecular complexity index is 1270. The molecule has 3 aromatic carbocycles. The number of Topliss-reactive ketones (excluding diaryl/α,β-unsaturated/α-hetero) is 1. The van der Waals surface area contributed by atoms with Crippen LogP contribution >= 0.6 is 0 Å². The molecule has 4 nitrogen and oxygen atoms in total. The normalized spacial score (nSPS) is 14.9. The van der Waals surface area contributed by atoms with Crippen LogP contribution in [0.2, 0.25) is 0 Å². The number of nitrogens with zero attached hydrogens (tertiary/aromatic N) is 1. The van der Waals surface area contributed by atoms with Gasteiger partial charge in [0.2, 0.25) is 5.78 Å². The van der Waals surface area contributed by atoms with E-state index in [2.05, 4.69) is 18.2 Å². The van der Waals surface area contributed by atoms with Gasteiger partial charge in [-0.15, -0.1) is 0 Å². The lowest BCUT2D eigenvalue weighted by atomic mass is 9.99. The molecule has 4 aromatic rings. The van der Waals surface area contributed by atoms with Crippen LogP contribution in [0.3, 0.4) is 0 Å². The van der Waals surface area contributed by atoms with E-state index in [1.54, 1.807) is 13.2 Å². The fourth-order valence-electron chi connectivity index (χ4n) is 3.59. The van der Waals surface area contributed by atoms with Crippen molar-refractivity contribution >= 4 is 33.5 Å². The minimum atomic E-state index is -0.147. The standard InChI is InChI=1S/C24H17NO3/c1-27-18-7-4-5-15(11-18)12-22-24(26)20-13-17-10-9-16-6-2-3-8-19(16)23(17)25-21(20)14-28-22/h2-13H,14H2,1H3/b22-12-. The molecule has 2 heterocycles. The molecule has 136 valence electrons. The van der Waals surface area contributed by atoms with Gasteiger partial charge in [0.15, 0.2) is 5.76 Å². The number of benzene rings is 3. The molecule has 1 aliphatic heterocycles. The lowest BCUT2D eigenvalue weighted by Gasteiger charge is -2.19. The Labute approximate surface area is 162 Å². The van der Waals surface area contributed by atoms with Crippen LogP contribution in [0.25, 0.3) is 27.8 Å². The minimum absolute atomic E-state index is 0.147. The van der Waals surface area contributed by atoms with Gasteiger partial charge in [-0.25, -0.2) is 4.98 Å². The predicted octanol–water partition coefficient (Wildman–Crippen LogP) is 5.15.